The monoisotopic (exact) mass is 329 g/mol. The van der Waals surface area contributed by atoms with Crippen molar-refractivity contribution >= 4 is 23.3 Å². The van der Waals surface area contributed by atoms with Crippen molar-refractivity contribution in [3.63, 3.8) is 0 Å². The maximum atomic E-state index is 11.9. The van der Waals surface area contributed by atoms with Gasteiger partial charge >= 0.3 is 0 Å². The maximum Gasteiger partial charge on any atom is 0.244 e. The number of rotatable bonds is 5. The molecule has 3 rings (SSSR count). The molecule has 0 aliphatic carbocycles. The smallest absolute Gasteiger partial charge is 0.244 e. The Kier molecular flexibility index (Phi) is 4.50. The average molecular weight is 329 g/mol. The van der Waals surface area contributed by atoms with Gasteiger partial charge in [-0.3, -0.25) is 4.79 Å². The Morgan fingerprint density at radius 3 is 3.13 bits per heavy atom. The first-order chi connectivity index (χ1) is 11.0. The van der Waals surface area contributed by atoms with Gasteiger partial charge in [0.1, 0.15) is 11.4 Å². The van der Waals surface area contributed by atoms with Gasteiger partial charge in [0.2, 0.25) is 5.91 Å². The summed E-state index contributed by atoms with van der Waals surface area (Å²) in [5, 5.41) is 15.0. The fraction of sp³-hybridized carbons (Fsp3) is 0.278. The van der Waals surface area contributed by atoms with Crippen molar-refractivity contribution in [2.45, 2.75) is 18.9 Å². The molecule has 2 N–H and O–H groups in total. The van der Waals surface area contributed by atoms with Gasteiger partial charge in [-0.05, 0) is 47.7 Å². The Hall–Kier alpha value is -2.11. The second kappa shape index (κ2) is 6.56. The maximum absolute atomic E-state index is 11.9. The van der Waals surface area contributed by atoms with E-state index in [0.29, 0.717) is 0 Å². The molecule has 0 saturated carbocycles. The van der Waals surface area contributed by atoms with E-state index < -0.39 is 5.60 Å². The zero-order valence-electron chi connectivity index (χ0n) is 12.9. The molecule has 1 aromatic carbocycles. The predicted molar refractivity (Wildman–Crippen MR) is 91.6 cm³/mol. The molecule has 4 nitrogen and oxygen atoms in total. The van der Waals surface area contributed by atoms with Gasteiger partial charge in [-0.25, -0.2) is 0 Å². The number of hydrogen-bond acceptors (Lipinski definition) is 4. The largest absolute Gasteiger partial charge is 0.493 e. The molecule has 1 aliphatic heterocycles. The molecule has 0 unspecified atom stereocenters. The van der Waals surface area contributed by atoms with E-state index in [0.717, 1.165) is 29.2 Å². The summed E-state index contributed by atoms with van der Waals surface area (Å²) in [6, 6.07) is 9.64. The van der Waals surface area contributed by atoms with Crippen molar-refractivity contribution in [3.8, 4) is 5.75 Å². The summed E-state index contributed by atoms with van der Waals surface area (Å²) in [7, 11) is 0. The first-order valence-corrected chi connectivity index (χ1v) is 8.40. The van der Waals surface area contributed by atoms with Crippen molar-refractivity contribution < 1.29 is 14.6 Å². The van der Waals surface area contributed by atoms with Crippen LogP contribution in [0.3, 0.4) is 0 Å². The van der Waals surface area contributed by atoms with Gasteiger partial charge in [-0.1, -0.05) is 12.1 Å². The summed E-state index contributed by atoms with van der Waals surface area (Å²) < 4.78 is 5.46. The van der Waals surface area contributed by atoms with Crippen LogP contribution in [-0.2, 0) is 16.8 Å². The second-order valence-corrected chi connectivity index (χ2v) is 6.72. The van der Waals surface area contributed by atoms with Gasteiger partial charge in [0.05, 0.1) is 13.2 Å². The van der Waals surface area contributed by atoms with Crippen LogP contribution in [-0.4, -0.2) is 24.2 Å². The van der Waals surface area contributed by atoms with Gasteiger partial charge in [0.25, 0.3) is 0 Å². The van der Waals surface area contributed by atoms with E-state index in [9.17, 15) is 9.90 Å². The molecule has 1 atom stereocenters. The van der Waals surface area contributed by atoms with Crippen molar-refractivity contribution in [1.82, 2.24) is 5.32 Å². The Balaban J connectivity index is 1.57. The number of ether oxygens (including phenoxy) is 1. The lowest BCUT2D eigenvalue weighted by Crippen LogP contribution is -2.37. The minimum Gasteiger partial charge on any atom is -0.493 e. The molecule has 2 heterocycles. The van der Waals surface area contributed by atoms with Crippen molar-refractivity contribution in [1.29, 1.82) is 0 Å². The van der Waals surface area contributed by atoms with E-state index >= 15 is 0 Å². The lowest BCUT2D eigenvalue weighted by Gasteiger charge is -2.21. The highest BCUT2D eigenvalue weighted by Gasteiger charge is 2.24. The molecule has 5 heteroatoms. The number of hydrogen-bond donors (Lipinski definition) is 2. The van der Waals surface area contributed by atoms with Gasteiger partial charge in [0, 0.05) is 17.4 Å². The number of benzene rings is 1. The van der Waals surface area contributed by atoms with E-state index in [2.05, 4.69) is 5.32 Å². The zero-order chi connectivity index (χ0) is 16.3. The van der Waals surface area contributed by atoms with E-state index in [-0.39, 0.29) is 12.5 Å². The quantitative estimate of drug-likeness (QED) is 0.829. The van der Waals surface area contributed by atoms with Crippen LogP contribution in [0.4, 0.5) is 0 Å². The van der Waals surface area contributed by atoms with Gasteiger partial charge in [-0.15, -0.1) is 11.3 Å². The summed E-state index contributed by atoms with van der Waals surface area (Å²) in [5.41, 5.74) is 1.09. The molecule has 0 fully saturated rings. The van der Waals surface area contributed by atoms with Gasteiger partial charge < -0.3 is 15.2 Å². The number of fused-ring (bicyclic) bond motifs is 1. The summed E-state index contributed by atoms with van der Waals surface area (Å²) in [6.07, 6.45) is 4.17. The Morgan fingerprint density at radius 1 is 1.48 bits per heavy atom. The van der Waals surface area contributed by atoms with E-state index in [1.54, 1.807) is 13.0 Å². The third-order valence-corrected chi connectivity index (χ3v) is 4.92. The van der Waals surface area contributed by atoms with Gasteiger partial charge in [-0.2, -0.15) is 0 Å². The van der Waals surface area contributed by atoms with Crippen LogP contribution >= 0.6 is 11.3 Å². The SMILES string of the molecule is C[C@@](O)(CNC(=O)/C=C/c1ccc2c(c1)CCO2)c1cccs1. The Bertz CT molecular complexity index is 720. The van der Waals surface area contributed by atoms with E-state index in [4.69, 9.17) is 4.74 Å². The predicted octanol–water partition coefficient (Wildman–Crippen LogP) is 2.72. The third kappa shape index (κ3) is 3.81. The first kappa shape index (κ1) is 15.8. The minimum atomic E-state index is -1.05. The molecule has 23 heavy (non-hydrogen) atoms. The summed E-state index contributed by atoms with van der Waals surface area (Å²) in [4.78, 5) is 12.8. The number of nitrogens with one attached hydrogen (secondary N) is 1. The third-order valence-electron chi connectivity index (χ3n) is 3.80. The molecule has 2 aromatic rings. The molecule has 0 radical (unpaired) electrons. The lowest BCUT2D eigenvalue weighted by atomic mass is 10.1. The molecule has 1 aliphatic rings. The fourth-order valence-corrected chi connectivity index (χ4v) is 3.26. The Morgan fingerprint density at radius 2 is 2.35 bits per heavy atom. The number of carbonyl (C=O) groups excluding carboxylic acids is 1. The van der Waals surface area contributed by atoms with E-state index in [1.807, 2.05) is 35.7 Å². The van der Waals surface area contributed by atoms with Crippen molar-refractivity contribution in [2.75, 3.05) is 13.2 Å². The molecule has 1 aromatic heterocycles. The second-order valence-electron chi connectivity index (χ2n) is 5.77. The first-order valence-electron chi connectivity index (χ1n) is 7.53. The normalized spacial score (nSPS) is 15.9. The molecule has 0 spiro atoms. The zero-order valence-corrected chi connectivity index (χ0v) is 13.7. The summed E-state index contributed by atoms with van der Waals surface area (Å²) in [6.45, 7) is 2.60. The van der Waals surface area contributed by atoms with Crippen LogP contribution in [0.15, 0.2) is 41.8 Å². The van der Waals surface area contributed by atoms with Crippen molar-refractivity contribution in [3.05, 3.63) is 57.8 Å². The molecular formula is C18H19NO3S. The van der Waals surface area contributed by atoms with Crippen LogP contribution in [0.5, 0.6) is 5.75 Å². The highest BCUT2D eigenvalue weighted by molar-refractivity contribution is 7.10. The standard InChI is InChI=1S/C18H19NO3S/c1-18(21,16-3-2-10-23-16)12-19-17(20)7-5-13-4-6-15-14(11-13)8-9-22-15/h2-7,10-11,21H,8-9,12H2,1H3,(H,19,20)/b7-5+/t18-/m1/s1. The molecule has 1 amide bonds. The number of aliphatic hydroxyl groups is 1. The summed E-state index contributed by atoms with van der Waals surface area (Å²) in [5.74, 6) is 0.706. The van der Waals surface area contributed by atoms with Crippen LogP contribution in [0.2, 0.25) is 0 Å². The summed E-state index contributed by atoms with van der Waals surface area (Å²) >= 11 is 1.47. The minimum absolute atomic E-state index is 0.175. The topological polar surface area (TPSA) is 58.6 Å². The average Bonchev–Trinajstić information content (AvgIpc) is 3.21. The van der Waals surface area contributed by atoms with Crippen LogP contribution in [0.1, 0.15) is 22.9 Å². The van der Waals surface area contributed by atoms with Crippen LogP contribution in [0, 0.1) is 0 Å². The Labute approximate surface area is 139 Å². The highest BCUT2D eigenvalue weighted by atomic mass is 32.1. The van der Waals surface area contributed by atoms with Crippen LogP contribution < -0.4 is 10.1 Å². The lowest BCUT2D eigenvalue weighted by molar-refractivity contribution is -0.117. The molecular weight excluding hydrogens is 310 g/mol. The van der Waals surface area contributed by atoms with Crippen molar-refractivity contribution in [2.24, 2.45) is 0 Å². The fourth-order valence-electron chi connectivity index (χ4n) is 2.47. The van der Waals surface area contributed by atoms with E-state index in [1.165, 1.54) is 23.0 Å². The van der Waals surface area contributed by atoms with Gasteiger partial charge in [0.15, 0.2) is 0 Å². The van der Waals surface area contributed by atoms with Crippen LogP contribution in [0.25, 0.3) is 6.08 Å². The number of amides is 1. The number of carbonyl (C=O) groups is 1. The highest BCUT2D eigenvalue weighted by Crippen LogP contribution is 2.26. The molecule has 120 valence electrons. The molecule has 0 saturated heterocycles. The molecule has 0 bridgehead atoms. The number of thiophene rings is 1.